The van der Waals surface area contributed by atoms with Crippen LogP contribution in [0.3, 0.4) is 0 Å². The fourth-order valence-electron chi connectivity index (χ4n) is 7.27. The number of hydrogen-bond donors (Lipinski definition) is 3. The Morgan fingerprint density at radius 1 is 1.17 bits per heavy atom. The Morgan fingerprint density at radius 3 is 2.42 bits per heavy atom. The second-order valence-corrected chi connectivity index (χ2v) is 12.5. The van der Waals surface area contributed by atoms with Crippen LogP contribution in [0.2, 0.25) is 0 Å². The van der Waals surface area contributed by atoms with Crippen molar-refractivity contribution in [3.05, 3.63) is 46.1 Å². The van der Waals surface area contributed by atoms with Crippen LogP contribution in [0.15, 0.2) is 46.1 Å². The Labute approximate surface area is 220 Å². The van der Waals surface area contributed by atoms with Crippen LogP contribution in [0.1, 0.15) is 100 Å². The van der Waals surface area contributed by atoms with Crippen LogP contribution >= 0.6 is 0 Å². The van der Waals surface area contributed by atoms with Crippen molar-refractivity contribution in [3.63, 3.8) is 0 Å². The molecule has 0 aliphatic heterocycles. The van der Waals surface area contributed by atoms with Gasteiger partial charge in [0, 0.05) is 17.9 Å². The zero-order valence-corrected chi connectivity index (χ0v) is 24.2. The summed E-state index contributed by atoms with van der Waals surface area (Å²) in [6, 6.07) is 0. The predicted octanol–water partition coefficient (Wildman–Crippen LogP) is 6.72. The number of aliphatic hydroxyl groups is 3. The molecule has 2 rings (SSSR count). The Balaban J connectivity index is 2.34. The predicted molar refractivity (Wildman–Crippen MR) is 150 cm³/mol. The zero-order valence-electron chi connectivity index (χ0n) is 24.2. The van der Waals surface area contributed by atoms with Crippen LogP contribution in [-0.2, 0) is 4.79 Å². The summed E-state index contributed by atoms with van der Waals surface area (Å²) in [6.07, 6.45) is 12.7. The highest BCUT2D eigenvalue weighted by atomic mass is 16.3. The van der Waals surface area contributed by atoms with E-state index in [4.69, 9.17) is 0 Å². The molecule has 2 aliphatic rings. The summed E-state index contributed by atoms with van der Waals surface area (Å²) >= 11 is 0. The Kier molecular flexibility index (Phi) is 10.6. The topological polar surface area (TPSA) is 77.8 Å². The van der Waals surface area contributed by atoms with Crippen LogP contribution < -0.4 is 0 Å². The highest BCUT2D eigenvalue weighted by Gasteiger charge is 2.55. The van der Waals surface area contributed by atoms with Crippen molar-refractivity contribution in [1.29, 1.82) is 0 Å². The van der Waals surface area contributed by atoms with Crippen molar-refractivity contribution in [2.24, 2.45) is 28.6 Å². The van der Waals surface area contributed by atoms with Crippen LogP contribution in [0.25, 0.3) is 0 Å². The lowest BCUT2D eigenvalue weighted by Gasteiger charge is -2.54. The van der Waals surface area contributed by atoms with Crippen molar-refractivity contribution >= 4 is 6.29 Å². The molecule has 0 aromatic rings. The van der Waals surface area contributed by atoms with Gasteiger partial charge in [-0.3, -0.25) is 4.79 Å². The van der Waals surface area contributed by atoms with E-state index in [9.17, 15) is 20.1 Å². The van der Waals surface area contributed by atoms with Crippen molar-refractivity contribution in [2.75, 3.05) is 13.2 Å². The lowest BCUT2D eigenvalue weighted by molar-refractivity contribution is -0.146. The van der Waals surface area contributed by atoms with E-state index in [2.05, 4.69) is 59.8 Å². The van der Waals surface area contributed by atoms with Crippen molar-refractivity contribution in [2.45, 2.75) is 106 Å². The molecule has 1 fully saturated rings. The highest BCUT2D eigenvalue weighted by molar-refractivity contribution is 5.74. The quantitative estimate of drug-likeness (QED) is 0.135. The smallest absolute Gasteiger partial charge is 0.145 e. The summed E-state index contributed by atoms with van der Waals surface area (Å²) in [4.78, 5) is 11.7. The molecule has 0 heterocycles. The molecule has 0 radical (unpaired) electrons. The van der Waals surface area contributed by atoms with Gasteiger partial charge in [0.1, 0.15) is 6.29 Å². The summed E-state index contributed by atoms with van der Waals surface area (Å²) in [5.41, 5.74) is 4.17. The van der Waals surface area contributed by atoms with E-state index in [-0.39, 0.29) is 24.5 Å². The van der Waals surface area contributed by atoms with E-state index in [0.29, 0.717) is 49.5 Å². The minimum atomic E-state index is -1.05. The molecule has 1 saturated carbocycles. The lowest BCUT2D eigenvalue weighted by Crippen LogP contribution is -2.56. The summed E-state index contributed by atoms with van der Waals surface area (Å²) in [5.74, 6) is 0.922. The maximum Gasteiger partial charge on any atom is 0.145 e. The maximum atomic E-state index is 11.7. The number of carbonyl (C=O) groups is 1. The first kappa shape index (κ1) is 30.7. The average molecular weight is 501 g/mol. The summed E-state index contributed by atoms with van der Waals surface area (Å²) < 4.78 is 0. The van der Waals surface area contributed by atoms with E-state index >= 15 is 0 Å². The van der Waals surface area contributed by atoms with Gasteiger partial charge in [-0.1, -0.05) is 61.3 Å². The van der Waals surface area contributed by atoms with Crippen LogP contribution in [0.4, 0.5) is 0 Å². The normalized spacial score (nSPS) is 34.9. The van der Waals surface area contributed by atoms with Crippen molar-refractivity contribution in [1.82, 2.24) is 0 Å². The molecule has 2 aliphatic carbocycles. The fourth-order valence-corrected chi connectivity index (χ4v) is 7.27. The lowest BCUT2D eigenvalue weighted by atomic mass is 9.53. The fraction of sp³-hybridized carbons (Fsp3) is 0.719. The molecule has 5 atom stereocenters. The highest BCUT2D eigenvalue weighted by Crippen LogP contribution is 2.55. The van der Waals surface area contributed by atoms with Gasteiger partial charge in [0.25, 0.3) is 0 Å². The molecule has 36 heavy (non-hydrogen) atoms. The SMILES string of the molecule is CC1=CC[C@H](C)C(C)(C)[C@@H]1/C(C)=C\C(C)=C\CC[C@@]1(CO)[C@H](CCCO)/C(=C(/C)C=O)CC[C@]1(C)O. The Morgan fingerprint density at radius 2 is 1.83 bits per heavy atom. The molecule has 0 amide bonds. The molecule has 0 aromatic carbocycles. The van der Waals surface area contributed by atoms with E-state index in [0.717, 1.165) is 24.7 Å². The number of aldehydes is 1. The second kappa shape index (κ2) is 12.4. The molecular formula is C32H52O4. The van der Waals surface area contributed by atoms with E-state index in [1.807, 2.05) is 13.8 Å². The minimum absolute atomic E-state index is 0.0562. The average Bonchev–Trinajstić information content (AvgIpc) is 2.80. The second-order valence-electron chi connectivity index (χ2n) is 12.5. The third kappa shape index (κ3) is 6.14. The molecule has 4 heteroatoms. The van der Waals surface area contributed by atoms with Crippen molar-refractivity contribution in [3.8, 4) is 0 Å². The minimum Gasteiger partial charge on any atom is -0.396 e. The molecule has 0 spiro atoms. The molecule has 0 aromatic heterocycles. The maximum absolute atomic E-state index is 11.7. The summed E-state index contributed by atoms with van der Waals surface area (Å²) in [5, 5.41) is 31.8. The standard InChI is InChI=1S/C32H52O4/c1-22(19-24(3)29-23(2)13-14-26(5)30(29,6)7)11-9-16-32(21-35)28(12-10-18-33)27(25(4)20-34)15-17-31(32,8)36/h11,13,19-20,26,28-29,33,35-36H,9-10,12,14-18,21H2,1-8H3/b22-11+,24-19-,27-25-/t26-,28+,29-,31-,32+/m0/s1. The first-order valence-electron chi connectivity index (χ1n) is 13.9. The molecule has 0 saturated heterocycles. The molecule has 0 unspecified atom stereocenters. The first-order chi connectivity index (χ1) is 16.8. The molecule has 4 nitrogen and oxygen atoms in total. The van der Waals surface area contributed by atoms with Gasteiger partial charge in [0.15, 0.2) is 0 Å². The van der Waals surface area contributed by atoms with Gasteiger partial charge in [-0.2, -0.15) is 0 Å². The van der Waals surface area contributed by atoms with Crippen LogP contribution in [-0.4, -0.2) is 40.4 Å². The number of rotatable bonds is 10. The molecular weight excluding hydrogens is 448 g/mol. The van der Waals surface area contributed by atoms with Gasteiger partial charge in [-0.25, -0.2) is 0 Å². The van der Waals surface area contributed by atoms with E-state index in [1.54, 1.807) is 0 Å². The molecule has 0 bridgehead atoms. The third-order valence-corrected chi connectivity index (χ3v) is 9.89. The van der Waals surface area contributed by atoms with Gasteiger partial charge in [-0.15, -0.1) is 0 Å². The van der Waals surface area contributed by atoms with Crippen LogP contribution in [0, 0.1) is 28.6 Å². The Bertz CT molecular complexity index is 901. The van der Waals surface area contributed by atoms with Crippen molar-refractivity contribution < 1.29 is 20.1 Å². The number of carbonyl (C=O) groups excluding carboxylic acids is 1. The molecule has 204 valence electrons. The monoisotopic (exact) mass is 500 g/mol. The van der Waals surface area contributed by atoms with Gasteiger partial charge in [0.2, 0.25) is 0 Å². The van der Waals surface area contributed by atoms with Gasteiger partial charge in [-0.05, 0) is 102 Å². The number of allylic oxidation sites excluding steroid dienone is 8. The van der Waals surface area contributed by atoms with Gasteiger partial charge < -0.3 is 15.3 Å². The Hall–Kier alpha value is -1.49. The van der Waals surface area contributed by atoms with Gasteiger partial charge in [0.05, 0.1) is 12.2 Å². The van der Waals surface area contributed by atoms with Crippen LogP contribution in [0.5, 0.6) is 0 Å². The largest absolute Gasteiger partial charge is 0.396 e. The van der Waals surface area contributed by atoms with E-state index < -0.39 is 11.0 Å². The molecule has 3 N–H and O–H groups in total. The zero-order chi connectivity index (χ0) is 27.3. The van der Waals surface area contributed by atoms with E-state index in [1.165, 1.54) is 16.7 Å². The van der Waals surface area contributed by atoms with Gasteiger partial charge >= 0.3 is 0 Å². The first-order valence-corrected chi connectivity index (χ1v) is 13.9. The number of aliphatic hydroxyl groups excluding tert-OH is 2. The summed E-state index contributed by atoms with van der Waals surface area (Å²) in [7, 11) is 0. The number of hydrogen-bond acceptors (Lipinski definition) is 4. The third-order valence-electron chi connectivity index (χ3n) is 9.89. The summed E-state index contributed by atoms with van der Waals surface area (Å²) in [6.45, 7) is 17.3.